The largest absolute Gasteiger partial charge is 0.496 e. The number of methoxy groups -OCH3 is 1. The lowest BCUT2D eigenvalue weighted by atomic mass is 10.0. The highest BCUT2D eigenvalue weighted by atomic mass is 16.5. The number of para-hydroxylation sites is 1. The number of hydrogen-bond acceptors (Lipinski definition) is 5. The number of nitrogens with zero attached hydrogens (tertiary/aromatic N) is 2. The number of hydrogen-bond donors (Lipinski definition) is 3. The lowest BCUT2D eigenvalue weighted by Crippen LogP contribution is -2.09. The van der Waals surface area contributed by atoms with Gasteiger partial charge in [0.05, 0.1) is 19.0 Å². The van der Waals surface area contributed by atoms with Crippen molar-refractivity contribution in [2.24, 2.45) is 7.05 Å². The highest BCUT2D eigenvalue weighted by Gasteiger charge is 2.10. The predicted octanol–water partition coefficient (Wildman–Crippen LogP) is 4.53. The van der Waals surface area contributed by atoms with E-state index in [1.807, 2.05) is 37.5 Å². The van der Waals surface area contributed by atoms with Crippen molar-refractivity contribution < 1.29 is 24.5 Å². The number of carboxylic acid groups (broad SMARTS) is 2. The third kappa shape index (κ3) is 6.01. The SMILES string of the molecule is COc1ccccc1CNc1ncc(-c2ccc(-c3ccccc3)cc2)n1C.O=C(O)C(=O)O. The Hall–Kier alpha value is -4.59. The standard InChI is InChI=1S/C24H23N3O.C2H2O4/c1-27-22(20-14-12-19(13-15-20)18-8-4-3-5-9-18)17-26-24(27)25-16-21-10-6-7-11-23(21)28-2;3-1(4)2(5)6/h3-15,17H,16H2,1-2H3,(H,25,26);(H,3,4)(H,5,6). The highest BCUT2D eigenvalue weighted by molar-refractivity contribution is 6.27. The Kier molecular flexibility index (Phi) is 8.02. The molecule has 0 fully saturated rings. The lowest BCUT2D eigenvalue weighted by molar-refractivity contribution is -0.159. The maximum Gasteiger partial charge on any atom is 0.414 e. The van der Waals surface area contributed by atoms with Crippen molar-refractivity contribution in [2.75, 3.05) is 12.4 Å². The minimum Gasteiger partial charge on any atom is -0.496 e. The molecule has 34 heavy (non-hydrogen) atoms. The van der Waals surface area contributed by atoms with E-state index in [2.05, 4.69) is 69.5 Å². The average molecular weight is 460 g/mol. The molecule has 0 amide bonds. The van der Waals surface area contributed by atoms with Crippen LogP contribution in [0.15, 0.2) is 85.1 Å². The number of anilines is 1. The van der Waals surface area contributed by atoms with E-state index >= 15 is 0 Å². The van der Waals surface area contributed by atoms with Crippen molar-refractivity contribution in [1.29, 1.82) is 0 Å². The molecule has 4 rings (SSSR count). The van der Waals surface area contributed by atoms with Gasteiger partial charge in [0, 0.05) is 19.2 Å². The molecule has 1 heterocycles. The first-order chi connectivity index (χ1) is 16.4. The Morgan fingerprint density at radius 3 is 2.03 bits per heavy atom. The van der Waals surface area contributed by atoms with Gasteiger partial charge in [-0.2, -0.15) is 0 Å². The summed E-state index contributed by atoms with van der Waals surface area (Å²) >= 11 is 0. The van der Waals surface area contributed by atoms with Crippen LogP contribution in [0.4, 0.5) is 5.95 Å². The van der Waals surface area contributed by atoms with Crippen LogP contribution in [-0.2, 0) is 23.2 Å². The van der Waals surface area contributed by atoms with E-state index in [-0.39, 0.29) is 0 Å². The molecule has 0 saturated carbocycles. The van der Waals surface area contributed by atoms with Gasteiger partial charge in [-0.1, -0.05) is 72.8 Å². The van der Waals surface area contributed by atoms with E-state index in [1.54, 1.807) is 7.11 Å². The Bertz CT molecular complexity index is 1240. The zero-order valence-corrected chi connectivity index (χ0v) is 18.8. The maximum absolute atomic E-state index is 9.10. The molecule has 8 nitrogen and oxygen atoms in total. The van der Waals surface area contributed by atoms with Gasteiger partial charge in [0.2, 0.25) is 5.95 Å². The maximum atomic E-state index is 9.10. The number of imidazole rings is 1. The molecule has 3 N–H and O–H groups in total. The summed E-state index contributed by atoms with van der Waals surface area (Å²) in [5.41, 5.74) is 5.74. The van der Waals surface area contributed by atoms with Gasteiger partial charge < -0.3 is 24.8 Å². The number of nitrogens with one attached hydrogen (secondary N) is 1. The minimum atomic E-state index is -1.82. The van der Waals surface area contributed by atoms with Crippen LogP contribution in [0.1, 0.15) is 5.56 Å². The Balaban J connectivity index is 0.000000481. The Labute approximate surface area is 197 Å². The minimum absolute atomic E-state index is 0.654. The lowest BCUT2D eigenvalue weighted by Gasteiger charge is -2.11. The van der Waals surface area contributed by atoms with Crippen LogP contribution in [0.5, 0.6) is 5.75 Å². The van der Waals surface area contributed by atoms with Gasteiger partial charge in [-0.05, 0) is 22.8 Å². The Morgan fingerprint density at radius 2 is 1.41 bits per heavy atom. The molecule has 0 radical (unpaired) electrons. The molecular formula is C26H25N3O5. The zero-order chi connectivity index (χ0) is 24.5. The Morgan fingerprint density at radius 1 is 0.853 bits per heavy atom. The number of carboxylic acids is 2. The predicted molar refractivity (Wildman–Crippen MR) is 130 cm³/mol. The number of ether oxygens (including phenoxy) is 1. The zero-order valence-electron chi connectivity index (χ0n) is 18.8. The third-order valence-corrected chi connectivity index (χ3v) is 5.09. The van der Waals surface area contributed by atoms with Crippen LogP contribution in [0.3, 0.4) is 0 Å². The van der Waals surface area contributed by atoms with Gasteiger partial charge in [0.1, 0.15) is 5.75 Å². The van der Waals surface area contributed by atoms with Gasteiger partial charge in [-0.25, -0.2) is 14.6 Å². The van der Waals surface area contributed by atoms with Crippen LogP contribution >= 0.6 is 0 Å². The van der Waals surface area contributed by atoms with Gasteiger partial charge in [-0.3, -0.25) is 0 Å². The molecule has 1 aromatic heterocycles. The second-order valence-electron chi connectivity index (χ2n) is 7.25. The molecule has 0 atom stereocenters. The monoisotopic (exact) mass is 459 g/mol. The normalized spacial score (nSPS) is 10.1. The fraction of sp³-hybridized carbons (Fsp3) is 0.115. The molecule has 174 valence electrons. The summed E-state index contributed by atoms with van der Waals surface area (Å²) in [4.78, 5) is 22.8. The fourth-order valence-electron chi connectivity index (χ4n) is 3.33. The molecule has 0 aliphatic rings. The summed E-state index contributed by atoms with van der Waals surface area (Å²) in [5, 5.41) is 18.2. The molecule has 0 aliphatic carbocycles. The molecule has 0 unspecified atom stereocenters. The van der Waals surface area contributed by atoms with Crippen molar-refractivity contribution >= 4 is 17.9 Å². The smallest absolute Gasteiger partial charge is 0.414 e. The molecule has 0 spiro atoms. The summed E-state index contributed by atoms with van der Waals surface area (Å²) in [5.74, 6) is -1.95. The first-order valence-electron chi connectivity index (χ1n) is 10.4. The van der Waals surface area contributed by atoms with Crippen molar-refractivity contribution in [3.05, 3.63) is 90.6 Å². The number of aliphatic carboxylic acids is 2. The van der Waals surface area contributed by atoms with Crippen molar-refractivity contribution in [1.82, 2.24) is 9.55 Å². The summed E-state index contributed by atoms with van der Waals surface area (Å²) in [7, 11) is 3.72. The first kappa shape index (κ1) is 24.1. The molecule has 4 aromatic rings. The van der Waals surface area contributed by atoms with Crippen LogP contribution < -0.4 is 10.1 Å². The number of aromatic nitrogens is 2. The van der Waals surface area contributed by atoms with Gasteiger partial charge >= 0.3 is 11.9 Å². The highest BCUT2D eigenvalue weighted by Crippen LogP contribution is 2.26. The third-order valence-electron chi connectivity index (χ3n) is 5.09. The topological polar surface area (TPSA) is 114 Å². The average Bonchev–Trinajstić information content (AvgIpc) is 3.24. The van der Waals surface area contributed by atoms with Crippen molar-refractivity contribution in [3.8, 4) is 28.1 Å². The number of rotatable bonds is 6. The summed E-state index contributed by atoms with van der Waals surface area (Å²) in [6, 6.07) is 27.0. The fourth-order valence-corrected chi connectivity index (χ4v) is 3.33. The molecule has 0 aliphatic heterocycles. The van der Waals surface area contributed by atoms with E-state index in [9.17, 15) is 0 Å². The molecule has 8 heteroatoms. The number of carbonyl (C=O) groups is 2. The van der Waals surface area contributed by atoms with E-state index in [0.717, 1.165) is 28.5 Å². The molecular weight excluding hydrogens is 434 g/mol. The van der Waals surface area contributed by atoms with Crippen molar-refractivity contribution in [2.45, 2.75) is 6.54 Å². The van der Waals surface area contributed by atoms with Crippen LogP contribution in [0, 0.1) is 0 Å². The second-order valence-corrected chi connectivity index (χ2v) is 7.25. The van der Waals surface area contributed by atoms with Gasteiger partial charge in [0.15, 0.2) is 0 Å². The molecule has 0 saturated heterocycles. The van der Waals surface area contributed by atoms with Crippen LogP contribution in [0.2, 0.25) is 0 Å². The second kappa shape index (κ2) is 11.3. The van der Waals surface area contributed by atoms with E-state index in [1.165, 1.54) is 11.1 Å². The van der Waals surface area contributed by atoms with E-state index in [4.69, 9.17) is 24.5 Å². The first-order valence-corrected chi connectivity index (χ1v) is 10.4. The van der Waals surface area contributed by atoms with E-state index < -0.39 is 11.9 Å². The summed E-state index contributed by atoms with van der Waals surface area (Å²) in [6.45, 7) is 0.654. The van der Waals surface area contributed by atoms with Crippen LogP contribution in [0.25, 0.3) is 22.4 Å². The molecule has 3 aromatic carbocycles. The van der Waals surface area contributed by atoms with Gasteiger partial charge in [-0.15, -0.1) is 0 Å². The number of benzene rings is 3. The molecule has 0 bridgehead atoms. The quantitative estimate of drug-likeness (QED) is 0.363. The van der Waals surface area contributed by atoms with Gasteiger partial charge in [0.25, 0.3) is 0 Å². The van der Waals surface area contributed by atoms with E-state index in [0.29, 0.717) is 6.54 Å². The summed E-state index contributed by atoms with van der Waals surface area (Å²) < 4.78 is 7.50. The van der Waals surface area contributed by atoms with Crippen molar-refractivity contribution in [3.63, 3.8) is 0 Å². The summed E-state index contributed by atoms with van der Waals surface area (Å²) in [6.07, 6.45) is 1.90. The van der Waals surface area contributed by atoms with Crippen LogP contribution in [-0.4, -0.2) is 38.8 Å².